The van der Waals surface area contributed by atoms with E-state index in [2.05, 4.69) is 20.2 Å². The summed E-state index contributed by atoms with van der Waals surface area (Å²) >= 11 is 2.60. The molecule has 2 aromatic heterocycles. The van der Waals surface area contributed by atoms with Crippen LogP contribution in [0.25, 0.3) is 0 Å². The average molecular weight is 356 g/mol. The zero-order valence-corrected chi connectivity index (χ0v) is 14.3. The highest BCUT2D eigenvalue weighted by atomic mass is 32.2. The van der Waals surface area contributed by atoms with E-state index in [0.29, 0.717) is 46.5 Å². The lowest BCUT2D eigenvalue weighted by Gasteiger charge is -1.99. The highest BCUT2D eigenvalue weighted by molar-refractivity contribution is 7.99. The molecule has 0 atom stereocenters. The van der Waals surface area contributed by atoms with Crippen LogP contribution in [-0.4, -0.2) is 38.5 Å². The first-order valence-corrected chi connectivity index (χ1v) is 8.85. The first-order chi connectivity index (χ1) is 11.1. The predicted octanol–water partition coefficient (Wildman–Crippen LogP) is 1.80. The molecule has 0 radical (unpaired) electrons. The normalized spacial score (nSPS) is 10.7. The second kappa shape index (κ2) is 8.73. The summed E-state index contributed by atoms with van der Waals surface area (Å²) < 4.78 is 10.3. The van der Waals surface area contributed by atoms with Gasteiger partial charge in [-0.15, -0.1) is 10.2 Å². The fourth-order valence-corrected chi connectivity index (χ4v) is 3.01. The zero-order chi connectivity index (χ0) is 16.7. The molecule has 0 saturated carbocycles. The number of esters is 1. The first-order valence-electron chi connectivity index (χ1n) is 6.88. The van der Waals surface area contributed by atoms with Gasteiger partial charge in [-0.3, -0.25) is 9.59 Å². The summed E-state index contributed by atoms with van der Waals surface area (Å²) in [5.41, 5.74) is 0.456. The molecule has 0 fully saturated rings. The van der Waals surface area contributed by atoms with Crippen LogP contribution >= 0.6 is 23.5 Å². The summed E-state index contributed by atoms with van der Waals surface area (Å²) in [6.45, 7) is 3.90. The van der Waals surface area contributed by atoms with Gasteiger partial charge in [0, 0.05) is 17.5 Å². The number of thioether (sulfide) groups is 2. The summed E-state index contributed by atoms with van der Waals surface area (Å²) in [5, 5.41) is 8.71. The van der Waals surface area contributed by atoms with E-state index in [9.17, 15) is 9.59 Å². The molecule has 124 valence electrons. The maximum Gasteiger partial charge on any atom is 0.306 e. The predicted molar refractivity (Wildman–Crippen MR) is 85.4 cm³/mol. The molecular weight excluding hydrogens is 340 g/mol. The third-order valence-electron chi connectivity index (χ3n) is 2.47. The second-order valence-electron chi connectivity index (χ2n) is 4.35. The average Bonchev–Trinajstić information content (AvgIpc) is 2.92. The minimum atomic E-state index is -0.246. The van der Waals surface area contributed by atoms with Gasteiger partial charge in [0.25, 0.3) is 10.8 Å². The Labute approximate surface area is 140 Å². The van der Waals surface area contributed by atoms with Crippen molar-refractivity contribution in [3.05, 3.63) is 28.0 Å². The van der Waals surface area contributed by atoms with Gasteiger partial charge in [-0.05, 0) is 13.8 Å². The van der Waals surface area contributed by atoms with Crippen LogP contribution in [0.2, 0.25) is 0 Å². The van der Waals surface area contributed by atoms with Crippen molar-refractivity contribution in [1.82, 2.24) is 20.2 Å². The molecule has 10 heteroatoms. The number of carbonyl (C=O) groups is 1. The molecule has 0 spiro atoms. The van der Waals surface area contributed by atoms with E-state index in [4.69, 9.17) is 9.15 Å². The molecule has 1 N–H and O–H groups in total. The molecular formula is C13H16N4O4S2. The van der Waals surface area contributed by atoms with E-state index in [1.165, 1.54) is 29.6 Å². The summed E-state index contributed by atoms with van der Waals surface area (Å²) in [6, 6.07) is 1.43. The maximum absolute atomic E-state index is 11.3. The van der Waals surface area contributed by atoms with Gasteiger partial charge in [0.2, 0.25) is 5.89 Å². The molecule has 0 aliphatic rings. The second-order valence-corrected chi connectivity index (χ2v) is 6.36. The van der Waals surface area contributed by atoms with Crippen LogP contribution in [0, 0.1) is 6.92 Å². The Kier molecular flexibility index (Phi) is 6.66. The van der Waals surface area contributed by atoms with Crippen LogP contribution in [0.3, 0.4) is 0 Å². The number of hydrogen-bond acceptors (Lipinski definition) is 9. The van der Waals surface area contributed by atoms with Crippen molar-refractivity contribution >= 4 is 29.5 Å². The molecule has 8 nitrogen and oxygen atoms in total. The number of ether oxygens (including phenoxy) is 1. The van der Waals surface area contributed by atoms with Gasteiger partial charge in [-0.25, -0.2) is 4.98 Å². The molecule has 0 amide bonds. The molecule has 0 unspecified atom stereocenters. The van der Waals surface area contributed by atoms with Crippen LogP contribution in [0.4, 0.5) is 0 Å². The number of aromatic nitrogens is 4. The number of nitrogens with one attached hydrogen (secondary N) is 1. The Morgan fingerprint density at radius 1 is 1.39 bits per heavy atom. The monoisotopic (exact) mass is 356 g/mol. The minimum Gasteiger partial charge on any atom is -0.466 e. The fourth-order valence-electron chi connectivity index (χ4n) is 1.56. The number of carbonyl (C=O) groups excluding carboxylic acids is 1. The van der Waals surface area contributed by atoms with E-state index in [-0.39, 0.29) is 11.5 Å². The molecule has 0 saturated heterocycles. The zero-order valence-electron chi connectivity index (χ0n) is 12.7. The topological polar surface area (TPSA) is 111 Å². The SMILES string of the molecule is CCOC(=O)CCSc1nnc(CSc2nc(C)cc(=O)[nH]2)o1. The van der Waals surface area contributed by atoms with E-state index in [1.54, 1.807) is 13.8 Å². The Bertz CT molecular complexity index is 716. The third kappa shape index (κ3) is 6.06. The molecule has 0 aliphatic carbocycles. The van der Waals surface area contributed by atoms with Gasteiger partial charge >= 0.3 is 5.97 Å². The van der Waals surface area contributed by atoms with Crippen LogP contribution in [-0.2, 0) is 15.3 Å². The molecule has 0 aromatic carbocycles. The van der Waals surface area contributed by atoms with Crippen LogP contribution in [0.1, 0.15) is 24.9 Å². The van der Waals surface area contributed by atoms with E-state index >= 15 is 0 Å². The van der Waals surface area contributed by atoms with Gasteiger partial charge in [0.1, 0.15) is 0 Å². The van der Waals surface area contributed by atoms with Crippen molar-refractivity contribution in [3.8, 4) is 0 Å². The standard InChI is InChI=1S/C13H16N4O4S2/c1-3-20-11(19)4-5-22-13-17-16-10(21-13)7-23-12-14-8(2)6-9(18)15-12/h6H,3-5,7H2,1-2H3,(H,14,15,18). The lowest BCUT2D eigenvalue weighted by Crippen LogP contribution is -2.08. The smallest absolute Gasteiger partial charge is 0.306 e. The lowest BCUT2D eigenvalue weighted by molar-refractivity contribution is -0.142. The molecule has 2 aromatic rings. The van der Waals surface area contributed by atoms with E-state index < -0.39 is 0 Å². The molecule has 0 bridgehead atoms. The van der Waals surface area contributed by atoms with Gasteiger partial charge in [0.15, 0.2) is 5.16 Å². The summed E-state index contributed by atoms with van der Waals surface area (Å²) in [5.74, 6) is 1.10. The van der Waals surface area contributed by atoms with Crippen LogP contribution in [0.5, 0.6) is 0 Å². The molecule has 2 rings (SSSR count). The van der Waals surface area contributed by atoms with Crippen molar-refractivity contribution in [2.45, 2.75) is 36.4 Å². The number of aromatic amines is 1. The van der Waals surface area contributed by atoms with Crippen molar-refractivity contribution < 1.29 is 13.9 Å². The lowest BCUT2D eigenvalue weighted by atomic mass is 10.5. The third-order valence-corrected chi connectivity index (χ3v) is 4.14. The van der Waals surface area contributed by atoms with Gasteiger partial charge in [-0.1, -0.05) is 23.5 Å². The Morgan fingerprint density at radius 2 is 2.22 bits per heavy atom. The Balaban J connectivity index is 1.80. The van der Waals surface area contributed by atoms with Crippen LogP contribution in [0.15, 0.2) is 25.7 Å². The molecule has 0 aliphatic heterocycles. The van der Waals surface area contributed by atoms with Gasteiger partial charge < -0.3 is 14.1 Å². The number of H-pyrrole nitrogens is 1. The number of aryl methyl sites for hydroxylation is 1. The summed E-state index contributed by atoms with van der Waals surface area (Å²) in [6.07, 6.45) is 0.291. The first kappa shape index (κ1) is 17.5. The summed E-state index contributed by atoms with van der Waals surface area (Å²) in [4.78, 5) is 29.4. The minimum absolute atomic E-state index is 0.194. The molecule has 23 heavy (non-hydrogen) atoms. The van der Waals surface area contributed by atoms with Crippen molar-refractivity contribution in [3.63, 3.8) is 0 Å². The Morgan fingerprint density at radius 3 is 2.96 bits per heavy atom. The molecule has 2 heterocycles. The van der Waals surface area contributed by atoms with E-state index in [1.807, 2.05) is 0 Å². The van der Waals surface area contributed by atoms with Crippen molar-refractivity contribution in [1.29, 1.82) is 0 Å². The quantitative estimate of drug-likeness (QED) is 0.430. The van der Waals surface area contributed by atoms with E-state index in [0.717, 1.165) is 0 Å². The van der Waals surface area contributed by atoms with Gasteiger partial charge in [-0.2, -0.15) is 0 Å². The summed E-state index contributed by atoms with van der Waals surface area (Å²) in [7, 11) is 0. The van der Waals surface area contributed by atoms with Crippen molar-refractivity contribution in [2.75, 3.05) is 12.4 Å². The van der Waals surface area contributed by atoms with Crippen LogP contribution < -0.4 is 5.56 Å². The highest BCUT2D eigenvalue weighted by Crippen LogP contribution is 2.21. The fraction of sp³-hybridized carbons (Fsp3) is 0.462. The largest absolute Gasteiger partial charge is 0.466 e. The van der Waals surface area contributed by atoms with Gasteiger partial charge in [0.05, 0.1) is 18.8 Å². The number of rotatable bonds is 8. The Hall–Kier alpha value is -1.81. The maximum atomic E-state index is 11.3. The number of nitrogens with zero attached hydrogens (tertiary/aromatic N) is 3. The highest BCUT2D eigenvalue weighted by Gasteiger charge is 2.10. The number of hydrogen-bond donors (Lipinski definition) is 1. The van der Waals surface area contributed by atoms with Crippen molar-refractivity contribution in [2.24, 2.45) is 0 Å².